The Kier molecular flexibility index (Phi) is 5.17. The number of anilines is 2. The van der Waals surface area contributed by atoms with Crippen molar-refractivity contribution in [3.8, 4) is 0 Å². The van der Waals surface area contributed by atoms with Crippen molar-refractivity contribution in [3.05, 3.63) is 11.4 Å². The fourth-order valence-corrected chi connectivity index (χ4v) is 2.51. The lowest BCUT2D eigenvalue weighted by Crippen LogP contribution is -2.33. The topological polar surface area (TPSA) is 59.1 Å². The Morgan fingerprint density at radius 2 is 2.00 bits per heavy atom. The van der Waals surface area contributed by atoms with Gasteiger partial charge in [0.05, 0.1) is 6.10 Å². The Morgan fingerprint density at radius 1 is 1.25 bits per heavy atom. The van der Waals surface area contributed by atoms with Gasteiger partial charge in [-0.3, -0.25) is 0 Å². The predicted octanol–water partition coefficient (Wildman–Crippen LogP) is 2.89. The quantitative estimate of drug-likeness (QED) is 0.867. The van der Waals surface area contributed by atoms with Crippen LogP contribution < -0.4 is 10.6 Å². The highest BCUT2D eigenvalue weighted by Gasteiger charge is 2.20. The van der Waals surface area contributed by atoms with Crippen LogP contribution in [-0.4, -0.2) is 35.3 Å². The Morgan fingerprint density at radius 3 is 2.70 bits per heavy atom. The fourth-order valence-electron chi connectivity index (χ4n) is 2.51. The summed E-state index contributed by atoms with van der Waals surface area (Å²) in [6.07, 6.45) is 3.47. The van der Waals surface area contributed by atoms with Gasteiger partial charge in [-0.15, -0.1) is 0 Å². The van der Waals surface area contributed by atoms with E-state index in [1.807, 2.05) is 6.92 Å². The summed E-state index contributed by atoms with van der Waals surface area (Å²) in [7, 11) is 0. The van der Waals surface area contributed by atoms with Crippen LogP contribution in [0.1, 0.15) is 44.5 Å². The molecule has 0 bridgehead atoms. The monoisotopic (exact) mass is 278 g/mol. The minimum atomic E-state index is 0.321. The predicted molar refractivity (Wildman–Crippen MR) is 82.3 cm³/mol. The van der Waals surface area contributed by atoms with Gasteiger partial charge >= 0.3 is 0 Å². The maximum Gasteiger partial charge on any atom is 0.134 e. The minimum absolute atomic E-state index is 0.321. The van der Waals surface area contributed by atoms with Crippen LogP contribution in [0.3, 0.4) is 0 Å². The van der Waals surface area contributed by atoms with Gasteiger partial charge in [-0.2, -0.15) is 0 Å². The van der Waals surface area contributed by atoms with Gasteiger partial charge < -0.3 is 15.4 Å². The Bertz CT molecular complexity index is 450. The van der Waals surface area contributed by atoms with Gasteiger partial charge in [0.15, 0.2) is 0 Å². The first-order chi connectivity index (χ1) is 9.60. The molecule has 112 valence electrons. The molecular formula is C15H26N4O. The van der Waals surface area contributed by atoms with Crippen LogP contribution in [0.4, 0.5) is 11.6 Å². The zero-order valence-electron chi connectivity index (χ0n) is 13.0. The molecule has 2 N–H and O–H groups in total. The van der Waals surface area contributed by atoms with E-state index < -0.39 is 0 Å². The second-order valence-electron chi connectivity index (χ2n) is 5.57. The summed E-state index contributed by atoms with van der Waals surface area (Å²) in [5, 5.41) is 6.94. The van der Waals surface area contributed by atoms with Gasteiger partial charge in [0.1, 0.15) is 17.5 Å². The highest BCUT2D eigenvalue weighted by atomic mass is 16.5. The molecule has 20 heavy (non-hydrogen) atoms. The van der Waals surface area contributed by atoms with Crippen molar-refractivity contribution < 1.29 is 4.74 Å². The summed E-state index contributed by atoms with van der Waals surface area (Å²) in [6, 6.07) is 0.436. The molecule has 1 aromatic rings. The molecule has 0 spiro atoms. The Hall–Kier alpha value is -1.36. The van der Waals surface area contributed by atoms with E-state index in [0.29, 0.717) is 12.1 Å². The summed E-state index contributed by atoms with van der Waals surface area (Å²) in [4.78, 5) is 9.05. The molecule has 0 aromatic carbocycles. The smallest absolute Gasteiger partial charge is 0.134 e. The molecule has 0 radical (unpaired) electrons. The van der Waals surface area contributed by atoms with Crippen molar-refractivity contribution in [2.24, 2.45) is 0 Å². The van der Waals surface area contributed by atoms with Crippen LogP contribution in [0.15, 0.2) is 0 Å². The van der Waals surface area contributed by atoms with E-state index >= 15 is 0 Å². The first-order valence-corrected chi connectivity index (χ1v) is 7.57. The normalized spacial score (nSPS) is 22.6. The van der Waals surface area contributed by atoms with E-state index in [0.717, 1.165) is 55.4 Å². The second-order valence-corrected chi connectivity index (χ2v) is 5.57. The zero-order chi connectivity index (χ0) is 14.5. The number of aromatic nitrogens is 2. The lowest BCUT2D eigenvalue weighted by Gasteiger charge is -2.29. The maximum absolute atomic E-state index is 5.59. The fraction of sp³-hybridized carbons (Fsp3) is 0.733. The summed E-state index contributed by atoms with van der Waals surface area (Å²) >= 11 is 0. The van der Waals surface area contributed by atoms with Crippen LogP contribution in [0.2, 0.25) is 0 Å². The van der Waals surface area contributed by atoms with Gasteiger partial charge in [-0.1, -0.05) is 6.92 Å². The Labute approximate surface area is 121 Å². The SMILES string of the molecule is CCCNc1nc(C)nc(NC2CCOC(C)C2)c1C. The number of ether oxygens (including phenoxy) is 1. The number of hydrogen-bond donors (Lipinski definition) is 2. The molecule has 1 aliphatic heterocycles. The van der Waals surface area contributed by atoms with Crippen molar-refractivity contribution in [1.29, 1.82) is 0 Å². The van der Waals surface area contributed by atoms with Crippen LogP contribution in [0.25, 0.3) is 0 Å². The molecule has 1 aromatic heterocycles. The Balaban J connectivity index is 2.11. The summed E-state index contributed by atoms with van der Waals surface area (Å²) in [5.74, 6) is 2.70. The largest absolute Gasteiger partial charge is 0.378 e. The highest BCUT2D eigenvalue weighted by Crippen LogP contribution is 2.23. The van der Waals surface area contributed by atoms with Crippen LogP contribution in [-0.2, 0) is 4.74 Å². The van der Waals surface area contributed by atoms with Crippen molar-refractivity contribution in [2.45, 2.75) is 59.1 Å². The van der Waals surface area contributed by atoms with Crippen LogP contribution in [0, 0.1) is 13.8 Å². The molecule has 1 saturated heterocycles. The van der Waals surface area contributed by atoms with E-state index in [9.17, 15) is 0 Å². The summed E-state index contributed by atoms with van der Waals surface area (Å²) < 4.78 is 5.59. The van der Waals surface area contributed by atoms with Gasteiger partial charge in [-0.25, -0.2) is 9.97 Å². The van der Waals surface area contributed by atoms with Gasteiger partial charge in [0.2, 0.25) is 0 Å². The van der Waals surface area contributed by atoms with Crippen LogP contribution >= 0.6 is 0 Å². The van der Waals surface area contributed by atoms with Crippen molar-refractivity contribution >= 4 is 11.6 Å². The molecular weight excluding hydrogens is 252 g/mol. The molecule has 2 rings (SSSR count). The highest BCUT2D eigenvalue weighted by molar-refractivity contribution is 5.57. The summed E-state index contributed by atoms with van der Waals surface area (Å²) in [5.41, 5.74) is 1.10. The molecule has 0 amide bonds. The molecule has 1 fully saturated rings. The molecule has 5 nitrogen and oxygen atoms in total. The first-order valence-electron chi connectivity index (χ1n) is 7.57. The number of nitrogens with one attached hydrogen (secondary N) is 2. The molecule has 2 unspecified atom stereocenters. The lowest BCUT2D eigenvalue weighted by molar-refractivity contribution is 0.0231. The van der Waals surface area contributed by atoms with Gasteiger partial charge in [0, 0.05) is 24.8 Å². The zero-order valence-corrected chi connectivity index (χ0v) is 13.0. The maximum atomic E-state index is 5.59. The molecule has 5 heteroatoms. The van der Waals surface area contributed by atoms with E-state index in [1.54, 1.807) is 0 Å². The van der Waals surface area contributed by atoms with Crippen molar-refractivity contribution in [3.63, 3.8) is 0 Å². The number of aryl methyl sites for hydroxylation is 1. The van der Waals surface area contributed by atoms with E-state index in [1.165, 1.54) is 0 Å². The molecule has 2 heterocycles. The molecule has 2 atom stereocenters. The number of nitrogens with zero attached hydrogens (tertiary/aromatic N) is 2. The lowest BCUT2D eigenvalue weighted by atomic mass is 10.0. The van der Waals surface area contributed by atoms with Crippen LogP contribution in [0.5, 0.6) is 0 Å². The van der Waals surface area contributed by atoms with E-state index in [4.69, 9.17) is 4.74 Å². The number of hydrogen-bond acceptors (Lipinski definition) is 5. The number of rotatable bonds is 5. The average Bonchev–Trinajstić information content (AvgIpc) is 2.41. The van der Waals surface area contributed by atoms with Crippen molar-refractivity contribution in [2.75, 3.05) is 23.8 Å². The molecule has 0 aliphatic carbocycles. The average molecular weight is 278 g/mol. The molecule has 0 saturated carbocycles. The third-order valence-corrected chi connectivity index (χ3v) is 3.63. The van der Waals surface area contributed by atoms with Crippen molar-refractivity contribution in [1.82, 2.24) is 9.97 Å². The summed E-state index contributed by atoms with van der Waals surface area (Å²) in [6.45, 7) is 10.0. The third kappa shape index (κ3) is 3.82. The van der Waals surface area contributed by atoms with E-state index in [-0.39, 0.29) is 0 Å². The van der Waals surface area contributed by atoms with E-state index in [2.05, 4.69) is 41.4 Å². The third-order valence-electron chi connectivity index (χ3n) is 3.63. The van der Waals surface area contributed by atoms with Gasteiger partial charge in [-0.05, 0) is 40.0 Å². The second kappa shape index (κ2) is 6.88. The standard InChI is InChI=1S/C15H26N4O/c1-5-7-16-14-11(3)15(18-12(4)17-14)19-13-6-8-20-10(2)9-13/h10,13H,5-9H2,1-4H3,(H2,16,17,18,19). The molecule has 1 aliphatic rings. The first kappa shape index (κ1) is 15.0. The minimum Gasteiger partial charge on any atom is -0.378 e. The van der Waals surface area contributed by atoms with Gasteiger partial charge in [0.25, 0.3) is 0 Å².